The molecule has 2 nitrogen and oxygen atoms in total. The number of anilines is 6. The lowest BCUT2D eigenvalue weighted by molar-refractivity contribution is 0.443. The van der Waals surface area contributed by atoms with Crippen LogP contribution in [0.1, 0.15) is 43.6 Å². The lowest BCUT2D eigenvalue weighted by Crippen LogP contribution is -2.13. The molecule has 0 N–H and O–H groups in total. The van der Waals surface area contributed by atoms with Gasteiger partial charge in [0, 0.05) is 34.0 Å². The van der Waals surface area contributed by atoms with E-state index in [1.807, 2.05) is 0 Å². The van der Waals surface area contributed by atoms with Crippen LogP contribution < -0.4 is 9.80 Å². The summed E-state index contributed by atoms with van der Waals surface area (Å²) in [6, 6.07) is 72.9. The van der Waals surface area contributed by atoms with Crippen LogP contribution in [-0.4, -0.2) is 0 Å². The Bertz CT molecular complexity index is 2430. The molecule has 54 heavy (non-hydrogen) atoms. The van der Waals surface area contributed by atoms with Crippen LogP contribution in [0, 0.1) is 0 Å². The topological polar surface area (TPSA) is 6.48 Å². The molecule has 8 aromatic rings. The van der Waals surface area contributed by atoms with Crippen molar-refractivity contribution in [3.8, 4) is 22.3 Å². The molecule has 262 valence electrons. The van der Waals surface area contributed by atoms with E-state index in [-0.39, 0.29) is 0 Å². The molecule has 0 amide bonds. The lowest BCUT2D eigenvalue weighted by Gasteiger charge is -2.30. The zero-order valence-corrected chi connectivity index (χ0v) is 30.6. The minimum absolute atomic E-state index is 0.659. The lowest BCUT2D eigenvalue weighted by atomic mass is 9.84. The number of hydrogen-bond acceptors (Lipinski definition) is 2. The van der Waals surface area contributed by atoms with E-state index in [1.165, 1.54) is 70.7 Å². The van der Waals surface area contributed by atoms with E-state index in [0.717, 1.165) is 34.1 Å². The van der Waals surface area contributed by atoms with Crippen LogP contribution in [0.15, 0.2) is 200 Å². The van der Waals surface area contributed by atoms with Gasteiger partial charge in [0.15, 0.2) is 0 Å². The van der Waals surface area contributed by atoms with Crippen molar-refractivity contribution >= 4 is 44.9 Å². The molecule has 8 aromatic carbocycles. The average Bonchev–Trinajstić information content (AvgIpc) is 3.26. The average molecular weight is 697 g/mol. The van der Waals surface area contributed by atoms with E-state index in [9.17, 15) is 0 Å². The molecule has 0 radical (unpaired) electrons. The van der Waals surface area contributed by atoms with Crippen molar-refractivity contribution < 1.29 is 0 Å². The van der Waals surface area contributed by atoms with Gasteiger partial charge in [0.25, 0.3) is 0 Å². The monoisotopic (exact) mass is 696 g/mol. The Hall–Kier alpha value is -6.38. The van der Waals surface area contributed by atoms with E-state index in [2.05, 4.69) is 210 Å². The summed E-state index contributed by atoms with van der Waals surface area (Å²) in [5.41, 5.74) is 13.1. The molecule has 0 atom stereocenters. The normalized spacial score (nSPS) is 13.1. The van der Waals surface area contributed by atoms with Gasteiger partial charge in [-0.15, -0.1) is 0 Å². The van der Waals surface area contributed by atoms with Crippen molar-refractivity contribution in [3.05, 3.63) is 206 Å². The number of rotatable bonds is 9. The standard InChI is InChI=1S/C52H44N2/c1-5-15-39(16-6-1)41-25-29-47(30-26-41)53(46-23-11-4-12-24-46)48-33-35-50(36-34-48)54(49-31-27-42(28-32-49)40-17-7-2-8-18-40)52-38-45-22-14-13-21-44(45)37-51(52)43-19-9-3-10-20-43/h1,3-6,9-16,19-38,40H,2,7-8,17-18H2. The number of nitrogens with zero attached hydrogens (tertiary/aromatic N) is 2. The van der Waals surface area contributed by atoms with Gasteiger partial charge >= 0.3 is 0 Å². The quantitative estimate of drug-likeness (QED) is 0.148. The first kappa shape index (κ1) is 33.5. The van der Waals surface area contributed by atoms with E-state index in [0.29, 0.717) is 5.92 Å². The van der Waals surface area contributed by atoms with Gasteiger partial charge in [-0.1, -0.05) is 147 Å². The van der Waals surface area contributed by atoms with Gasteiger partial charge in [-0.25, -0.2) is 0 Å². The zero-order valence-electron chi connectivity index (χ0n) is 30.6. The molecular weight excluding hydrogens is 653 g/mol. The van der Waals surface area contributed by atoms with Gasteiger partial charge in [0.2, 0.25) is 0 Å². The summed E-state index contributed by atoms with van der Waals surface area (Å²) in [5.74, 6) is 0.659. The van der Waals surface area contributed by atoms with Crippen LogP contribution in [0.4, 0.5) is 34.1 Å². The molecule has 0 bridgehead atoms. The van der Waals surface area contributed by atoms with Crippen LogP contribution in [0.5, 0.6) is 0 Å². The fourth-order valence-electron chi connectivity index (χ4n) is 8.23. The van der Waals surface area contributed by atoms with E-state index < -0.39 is 0 Å². The Morgan fingerprint density at radius 1 is 0.333 bits per heavy atom. The molecule has 0 heterocycles. The second-order valence-corrected chi connectivity index (χ2v) is 14.4. The molecule has 0 unspecified atom stereocenters. The van der Waals surface area contributed by atoms with Gasteiger partial charge < -0.3 is 9.80 Å². The molecular formula is C52H44N2. The molecule has 2 heteroatoms. The van der Waals surface area contributed by atoms with E-state index in [4.69, 9.17) is 0 Å². The Morgan fingerprint density at radius 3 is 1.35 bits per heavy atom. The highest BCUT2D eigenvalue weighted by molar-refractivity contribution is 5.98. The molecule has 9 rings (SSSR count). The molecule has 1 aliphatic rings. The number of fused-ring (bicyclic) bond motifs is 1. The first-order valence-corrected chi connectivity index (χ1v) is 19.4. The third-order valence-corrected chi connectivity index (χ3v) is 11.0. The van der Waals surface area contributed by atoms with Crippen molar-refractivity contribution in [2.24, 2.45) is 0 Å². The highest BCUT2D eigenvalue weighted by Crippen LogP contribution is 2.45. The van der Waals surface area contributed by atoms with Gasteiger partial charge in [-0.2, -0.15) is 0 Å². The fourth-order valence-corrected chi connectivity index (χ4v) is 8.23. The number of hydrogen-bond donors (Lipinski definition) is 0. The maximum absolute atomic E-state index is 2.45. The third kappa shape index (κ3) is 6.91. The molecule has 0 saturated heterocycles. The van der Waals surface area contributed by atoms with Crippen LogP contribution in [0.25, 0.3) is 33.0 Å². The first-order valence-electron chi connectivity index (χ1n) is 19.4. The summed E-state index contributed by atoms with van der Waals surface area (Å²) < 4.78 is 0. The highest BCUT2D eigenvalue weighted by atomic mass is 15.2. The first-order chi connectivity index (χ1) is 26.8. The molecule has 1 fully saturated rings. The summed E-state index contributed by atoms with van der Waals surface area (Å²) in [4.78, 5) is 4.79. The molecule has 0 aliphatic heterocycles. The number of benzene rings is 8. The summed E-state index contributed by atoms with van der Waals surface area (Å²) in [5, 5.41) is 2.46. The Kier molecular flexibility index (Phi) is 9.48. The predicted molar refractivity (Wildman–Crippen MR) is 230 cm³/mol. The van der Waals surface area contributed by atoms with Crippen molar-refractivity contribution in [2.75, 3.05) is 9.80 Å². The van der Waals surface area contributed by atoms with Crippen molar-refractivity contribution in [3.63, 3.8) is 0 Å². The molecule has 1 saturated carbocycles. The van der Waals surface area contributed by atoms with Gasteiger partial charge in [0.05, 0.1) is 5.69 Å². The van der Waals surface area contributed by atoms with Crippen molar-refractivity contribution in [2.45, 2.75) is 38.0 Å². The Labute approximate surface area is 319 Å². The second kappa shape index (κ2) is 15.3. The van der Waals surface area contributed by atoms with Crippen molar-refractivity contribution in [1.29, 1.82) is 0 Å². The maximum atomic E-state index is 2.45. The third-order valence-electron chi connectivity index (χ3n) is 11.0. The zero-order chi connectivity index (χ0) is 36.1. The smallest absolute Gasteiger partial charge is 0.0546 e. The van der Waals surface area contributed by atoms with Crippen molar-refractivity contribution in [1.82, 2.24) is 0 Å². The summed E-state index contributed by atoms with van der Waals surface area (Å²) in [6.45, 7) is 0. The van der Waals surface area contributed by atoms with E-state index in [1.54, 1.807) is 0 Å². The largest absolute Gasteiger partial charge is 0.311 e. The minimum Gasteiger partial charge on any atom is -0.311 e. The van der Waals surface area contributed by atoms with Crippen LogP contribution in [0.2, 0.25) is 0 Å². The van der Waals surface area contributed by atoms with Crippen LogP contribution in [0.3, 0.4) is 0 Å². The Morgan fingerprint density at radius 2 is 0.759 bits per heavy atom. The maximum Gasteiger partial charge on any atom is 0.0546 e. The summed E-state index contributed by atoms with van der Waals surface area (Å²) in [6.07, 6.45) is 6.61. The van der Waals surface area contributed by atoms with Crippen LogP contribution in [-0.2, 0) is 0 Å². The number of para-hydroxylation sites is 1. The minimum atomic E-state index is 0.659. The molecule has 0 spiro atoms. The summed E-state index contributed by atoms with van der Waals surface area (Å²) in [7, 11) is 0. The van der Waals surface area contributed by atoms with E-state index >= 15 is 0 Å². The summed E-state index contributed by atoms with van der Waals surface area (Å²) >= 11 is 0. The molecule has 1 aliphatic carbocycles. The highest BCUT2D eigenvalue weighted by Gasteiger charge is 2.21. The van der Waals surface area contributed by atoms with Crippen LogP contribution >= 0.6 is 0 Å². The van der Waals surface area contributed by atoms with Gasteiger partial charge in [-0.05, 0) is 125 Å². The van der Waals surface area contributed by atoms with Gasteiger partial charge in [-0.3, -0.25) is 0 Å². The second-order valence-electron chi connectivity index (χ2n) is 14.4. The Balaban J connectivity index is 1.16. The predicted octanol–water partition coefficient (Wildman–Crippen LogP) is 15.2. The fraction of sp³-hybridized carbons (Fsp3) is 0.115. The molecule has 0 aromatic heterocycles. The SMILES string of the molecule is c1ccc(-c2ccc(N(c3ccccc3)c3ccc(N(c4ccc(C5CCCCC5)cc4)c4cc5ccccc5cc4-c4ccccc4)cc3)cc2)cc1. The van der Waals surface area contributed by atoms with Gasteiger partial charge in [0.1, 0.15) is 0 Å².